The van der Waals surface area contributed by atoms with Gasteiger partial charge in [-0.2, -0.15) is 5.26 Å². The molecule has 0 fully saturated rings. The molecule has 1 aliphatic heterocycles. The van der Waals surface area contributed by atoms with Gasteiger partial charge in [-0.25, -0.2) is 9.37 Å². The predicted octanol–water partition coefficient (Wildman–Crippen LogP) is 5.17. The lowest BCUT2D eigenvalue weighted by Gasteiger charge is -2.25. The highest BCUT2D eigenvalue weighted by molar-refractivity contribution is 7.25. The van der Waals surface area contributed by atoms with E-state index in [0.29, 0.717) is 20.6 Å². The molecule has 3 N–H and O–H groups in total. The van der Waals surface area contributed by atoms with Gasteiger partial charge in [-0.1, -0.05) is 12.1 Å². The van der Waals surface area contributed by atoms with Crippen LogP contribution in [0.1, 0.15) is 17.0 Å². The molecule has 6 rings (SSSR count). The first-order chi connectivity index (χ1) is 17.5. The quantitative estimate of drug-likeness (QED) is 0.356. The average molecular weight is 497 g/mol. The number of methoxy groups -OCH3 is 1. The van der Waals surface area contributed by atoms with Crippen LogP contribution in [0.3, 0.4) is 0 Å². The maximum Gasteiger partial charge on any atom is 0.256 e. The van der Waals surface area contributed by atoms with E-state index in [1.807, 2.05) is 36.4 Å². The van der Waals surface area contributed by atoms with Crippen LogP contribution in [0.2, 0.25) is 0 Å². The number of fused-ring (bicyclic) bond motifs is 5. The van der Waals surface area contributed by atoms with E-state index in [0.717, 1.165) is 22.4 Å². The molecule has 0 saturated carbocycles. The third kappa shape index (κ3) is 3.31. The van der Waals surface area contributed by atoms with Gasteiger partial charge in [-0.05, 0) is 54.1 Å². The number of pyridine rings is 2. The van der Waals surface area contributed by atoms with Crippen LogP contribution >= 0.6 is 11.3 Å². The van der Waals surface area contributed by atoms with E-state index in [4.69, 9.17) is 20.2 Å². The van der Waals surface area contributed by atoms with Crippen molar-refractivity contribution in [3.05, 3.63) is 99.4 Å². The Kier molecular flexibility index (Phi) is 4.98. The molecule has 0 spiro atoms. The molecule has 0 unspecified atom stereocenters. The molecule has 176 valence electrons. The van der Waals surface area contributed by atoms with E-state index in [1.165, 1.54) is 35.6 Å². The third-order valence-electron chi connectivity index (χ3n) is 6.25. The Hall–Kier alpha value is -4.68. The number of nitrogens with zero attached hydrogens (tertiary/aromatic N) is 2. The summed E-state index contributed by atoms with van der Waals surface area (Å²) in [5.74, 6) is -0.264. The lowest BCUT2D eigenvalue weighted by molar-refractivity contribution is 0.397. The van der Waals surface area contributed by atoms with Gasteiger partial charge in [-0.3, -0.25) is 4.79 Å². The number of rotatable bonds is 3. The fourth-order valence-corrected chi connectivity index (χ4v) is 5.64. The zero-order chi connectivity index (χ0) is 25.0. The molecule has 5 aromatic rings. The standard InChI is InChI=1S/C27H17FN4O3S/c1-34-16-8-4-13(5-9-16)19-11-10-17-22-24(36-27(17)31-19)23-21(26(33)32-22)20(18(12-29)25(30)35-23)14-2-6-15(28)7-3-14/h2-11,20H,30H2,1H3,(H,32,33)/t20-/m0/s1. The second-order valence-electron chi connectivity index (χ2n) is 8.26. The van der Waals surface area contributed by atoms with Crippen LogP contribution in [0.5, 0.6) is 11.5 Å². The molecule has 1 atom stereocenters. The van der Waals surface area contributed by atoms with Crippen LogP contribution in [-0.4, -0.2) is 17.1 Å². The molecule has 0 amide bonds. The largest absolute Gasteiger partial charge is 0.497 e. The van der Waals surface area contributed by atoms with E-state index in [9.17, 15) is 14.4 Å². The smallest absolute Gasteiger partial charge is 0.256 e. The first-order valence-corrected chi connectivity index (χ1v) is 11.8. The van der Waals surface area contributed by atoms with Crippen molar-refractivity contribution in [2.75, 3.05) is 7.11 Å². The number of nitrogens with two attached hydrogens (primary N) is 1. The summed E-state index contributed by atoms with van der Waals surface area (Å²) in [6.07, 6.45) is 0. The maximum absolute atomic E-state index is 13.6. The molecular formula is C27H17FN4O3S. The second kappa shape index (κ2) is 8.22. The summed E-state index contributed by atoms with van der Waals surface area (Å²) in [4.78, 5) is 21.9. The minimum atomic E-state index is -0.791. The fourth-order valence-electron chi connectivity index (χ4n) is 4.51. The van der Waals surface area contributed by atoms with Crippen molar-refractivity contribution in [1.29, 1.82) is 5.26 Å². The Bertz CT molecular complexity index is 1800. The molecule has 0 aliphatic carbocycles. The number of ether oxygens (including phenoxy) is 2. The number of hydrogen-bond donors (Lipinski definition) is 2. The van der Waals surface area contributed by atoms with Crippen molar-refractivity contribution in [3.8, 4) is 28.8 Å². The number of nitrogens with one attached hydrogen (secondary N) is 1. The van der Waals surface area contributed by atoms with Crippen LogP contribution in [0.15, 0.2) is 76.9 Å². The molecule has 36 heavy (non-hydrogen) atoms. The number of nitriles is 1. The van der Waals surface area contributed by atoms with Crippen molar-refractivity contribution in [1.82, 2.24) is 9.97 Å². The Morgan fingerprint density at radius 2 is 1.89 bits per heavy atom. The Morgan fingerprint density at radius 3 is 2.58 bits per heavy atom. The van der Waals surface area contributed by atoms with Gasteiger partial charge < -0.3 is 20.2 Å². The minimum Gasteiger partial charge on any atom is -0.497 e. The summed E-state index contributed by atoms with van der Waals surface area (Å²) in [6.45, 7) is 0. The van der Waals surface area contributed by atoms with Crippen LogP contribution in [0.25, 0.3) is 31.7 Å². The van der Waals surface area contributed by atoms with Gasteiger partial charge >= 0.3 is 0 Å². The number of aromatic amines is 1. The van der Waals surface area contributed by atoms with Crippen molar-refractivity contribution >= 4 is 31.8 Å². The number of allylic oxidation sites excluding steroid dienone is 1. The first kappa shape index (κ1) is 21.8. The van der Waals surface area contributed by atoms with E-state index in [2.05, 4.69) is 11.1 Å². The lowest BCUT2D eigenvalue weighted by Crippen LogP contribution is -2.27. The summed E-state index contributed by atoms with van der Waals surface area (Å²) < 4.78 is 25.4. The number of thiophene rings is 1. The van der Waals surface area contributed by atoms with Crippen molar-refractivity contribution in [2.45, 2.75) is 5.92 Å². The van der Waals surface area contributed by atoms with Crippen LogP contribution < -0.4 is 20.8 Å². The molecule has 4 heterocycles. The molecule has 0 bridgehead atoms. The zero-order valence-electron chi connectivity index (χ0n) is 18.8. The molecule has 9 heteroatoms. The third-order valence-corrected chi connectivity index (χ3v) is 7.35. The first-order valence-electron chi connectivity index (χ1n) is 11.0. The van der Waals surface area contributed by atoms with Gasteiger partial charge in [0.2, 0.25) is 5.88 Å². The Balaban J connectivity index is 1.57. The van der Waals surface area contributed by atoms with Crippen molar-refractivity contribution in [3.63, 3.8) is 0 Å². The van der Waals surface area contributed by atoms with Gasteiger partial charge in [-0.15, -0.1) is 11.3 Å². The summed E-state index contributed by atoms with van der Waals surface area (Å²) in [5.41, 5.74) is 8.92. The van der Waals surface area contributed by atoms with E-state index in [-0.39, 0.29) is 22.8 Å². The lowest BCUT2D eigenvalue weighted by atomic mass is 9.84. The van der Waals surface area contributed by atoms with Crippen molar-refractivity contribution < 1.29 is 13.9 Å². The molecule has 1 aliphatic rings. The monoisotopic (exact) mass is 496 g/mol. The van der Waals surface area contributed by atoms with Crippen LogP contribution in [0.4, 0.5) is 4.39 Å². The van der Waals surface area contributed by atoms with Gasteiger partial charge in [0.25, 0.3) is 5.56 Å². The van der Waals surface area contributed by atoms with Gasteiger partial charge in [0.05, 0.1) is 34.5 Å². The van der Waals surface area contributed by atoms with Crippen LogP contribution in [0, 0.1) is 17.1 Å². The number of benzene rings is 2. The Labute approximate surface area is 207 Å². The van der Waals surface area contributed by atoms with Gasteiger partial charge in [0.1, 0.15) is 28.0 Å². The van der Waals surface area contributed by atoms with E-state index < -0.39 is 17.3 Å². The maximum atomic E-state index is 13.6. The van der Waals surface area contributed by atoms with E-state index in [1.54, 1.807) is 7.11 Å². The highest BCUT2D eigenvalue weighted by Crippen LogP contribution is 2.46. The molecule has 3 aromatic heterocycles. The van der Waals surface area contributed by atoms with Gasteiger partial charge in [0, 0.05) is 10.9 Å². The molecule has 7 nitrogen and oxygen atoms in total. The zero-order valence-corrected chi connectivity index (χ0v) is 19.7. The Morgan fingerprint density at radius 1 is 1.14 bits per heavy atom. The topological polar surface area (TPSA) is 114 Å². The fraction of sp³-hybridized carbons (Fsp3) is 0.0741. The van der Waals surface area contributed by atoms with Gasteiger partial charge in [0.15, 0.2) is 5.75 Å². The minimum absolute atomic E-state index is 0.0874. The van der Waals surface area contributed by atoms with E-state index >= 15 is 0 Å². The molecule has 0 saturated heterocycles. The van der Waals surface area contributed by atoms with Crippen molar-refractivity contribution in [2.24, 2.45) is 5.73 Å². The number of aromatic nitrogens is 2. The summed E-state index contributed by atoms with van der Waals surface area (Å²) >= 11 is 1.36. The highest BCUT2D eigenvalue weighted by atomic mass is 32.1. The molecular weight excluding hydrogens is 479 g/mol. The number of H-pyrrole nitrogens is 1. The summed E-state index contributed by atoms with van der Waals surface area (Å²) in [5, 5.41) is 10.6. The summed E-state index contributed by atoms with van der Waals surface area (Å²) in [7, 11) is 1.61. The molecule has 0 radical (unpaired) electrons. The normalized spacial score (nSPS) is 15.0. The average Bonchev–Trinajstić information content (AvgIpc) is 3.26. The predicted molar refractivity (Wildman–Crippen MR) is 135 cm³/mol. The second-order valence-corrected chi connectivity index (χ2v) is 9.26. The van der Waals surface area contributed by atoms with Crippen LogP contribution in [-0.2, 0) is 0 Å². The number of hydrogen-bond acceptors (Lipinski definition) is 7. The molecule has 2 aromatic carbocycles. The summed E-state index contributed by atoms with van der Waals surface area (Å²) in [6, 6.07) is 19.1. The highest BCUT2D eigenvalue weighted by Gasteiger charge is 2.35. The SMILES string of the molecule is COc1ccc(-c2ccc3c(n2)sc2c4c(c(=O)[nH]c23)[C@@H](c2ccc(F)cc2)C(C#N)=C(N)O4)cc1. The number of halogens is 1.